The Kier molecular flexibility index (Phi) is 3.19. The van der Waals surface area contributed by atoms with E-state index >= 15 is 0 Å². The molecule has 5 rings (SSSR count). The van der Waals surface area contributed by atoms with Gasteiger partial charge in [0.05, 0.1) is 0 Å². The summed E-state index contributed by atoms with van der Waals surface area (Å²) in [7, 11) is 0. The van der Waals surface area contributed by atoms with Gasteiger partial charge in [0.2, 0.25) is 0 Å². The number of hydrogen-bond acceptors (Lipinski definition) is 2. The monoisotopic (exact) mass is 344 g/mol. The number of hydrogen-bond donors (Lipinski definition) is 0. The molecule has 120 valence electrons. The summed E-state index contributed by atoms with van der Waals surface area (Å²) in [6.07, 6.45) is 0. The molecule has 0 bridgehead atoms. The summed E-state index contributed by atoms with van der Waals surface area (Å²) in [6, 6.07) is 25.8. The van der Waals surface area contributed by atoms with E-state index in [1.54, 1.807) is 0 Å². The average Bonchev–Trinajstić information content (AvgIpc) is 3.25. The summed E-state index contributed by atoms with van der Waals surface area (Å²) in [5, 5.41) is 2.79. The maximum Gasteiger partial charge on any atom is 0.135 e. The molecule has 0 N–H and O–H groups in total. The predicted octanol–water partition coefficient (Wildman–Crippen LogP) is 7.17. The van der Waals surface area contributed by atoms with Crippen molar-refractivity contribution < 1.29 is 8.83 Å². The maximum atomic E-state index is 6.36. The molecule has 3 heteroatoms. The lowest BCUT2D eigenvalue weighted by Gasteiger charge is -2.03. The van der Waals surface area contributed by atoms with Gasteiger partial charge in [-0.05, 0) is 42.5 Å². The van der Waals surface area contributed by atoms with Gasteiger partial charge in [-0.15, -0.1) is 0 Å². The summed E-state index contributed by atoms with van der Waals surface area (Å²) < 4.78 is 11.9. The van der Waals surface area contributed by atoms with E-state index in [9.17, 15) is 0 Å². The average molecular weight is 345 g/mol. The highest BCUT2D eigenvalue weighted by molar-refractivity contribution is 6.31. The number of rotatable bonds is 2. The molecule has 0 aliphatic rings. The van der Waals surface area contributed by atoms with Crippen molar-refractivity contribution in [2.75, 3.05) is 0 Å². The summed E-state index contributed by atoms with van der Waals surface area (Å²) in [4.78, 5) is 0. The van der Waals surface area contributed by atoms with E-state index in [2.05, 4.69) is 0 Å². The third kappa shape index (κ3) is 2.51. The van der Waals surface area contributed by atoms with Crippen LogP contribution in [0.5, 0.6) is 0 Å². The molecular formula is C22H13ClO2. The second-order valence-electron chi connectivity index (χ2n) is 6.03. The zero-order valence-corrected chi connectivity index (χ0v) is 14.0. The van der Waals surface area contributed by atoms with Crippen LogP contribution in [0.4, 0.5) is 0 Å². The fraction of sp³-hybridized carbons (Fsp3) is 0. The second kappa shape index (κ2) is 5.54. The molecule has 0 aliphatic heterocycles. The second-order valence-corrected chi connectivity index (χ2v) is 6.46. The van der Waals surface area contributed by atoms with E-state index in [0.29, 0.717) is 5.02 Å². The van der Waals surface area contributed by atoms with Gasteiger partial charge in [0.25, 0.3) is 0 Å². The highest BCUT2D eigenvalue weighted by atomic mass is 35.5. The van der Waals surface area contributed by atoms with Crippen LogP contribution in [-0.2, 0) is 0 Å². The molecule has 0 saturated heterocycles. The Bertz CT molecular complexity index is 1050. The SMILES string of the molecule is Clc1cc(-c2cc3ccccc3o2)cc(-c2cc3ccccc3o2)c1. The van der Waals surface area contributed by atoms with E-state index in [-0.39, 0.29) is 0 Å². The van der Waals surface area contributed by atoms with Gasteiger partial charge in [-0.3, -0.25) is 0 Å². The van der Waals surface area contributed by atoms with Crippen molar-refractivity contribution in [2.45, 2.75) is 0 Å². The van der Waals surface area contributed by atoms with Gasteiger partial charge in [0.15, 0.2) is 0 Å². The van der Waals surface area contributed by atoms with Gasteiger partial charge >= 0.3 is 0 Å². The number of furan rings is 2. The molecule has 0 fully saturated rings. The van der Waals surface area contributed by atoms with Crippen molar-refractivity contribution in [3.63, 3.8) is 0 Å². The molecule has 0 amide bonds. The van der Waals surface area contributed by atoms with Crippen LogP contribution >= 0.6 is 11.6 Å². The Morgan fingerprint density at radius 1 is 0.560 bits per heavy atom. The molecule has 25 heavy (non-hydrogen) atoms. The lowest BCUT2D eigenvalue weighted by molar-refractivity contribution is 0.629. The van der Waals surface area contributed by atoms with Crippen LogP contribution in [0.2, 0.25) is 5.02 Å². The topological polar surface area (TPSA) is 26.3 Å². The minimum atomic E-state index is 0.647. The van der Waals surface area contributed by atoms with E-state index in [1.165, 1.54) is 0 Å². The number of halogens is 1. The molecule has 2 nitrogen and oxygen atoms in total. The first-order chi connectivity index (χ1) is 12.3. The molecule has 0 atom stereocenters. The van der Waals surface area contributed by atoms with Crippen molar-refractivity contribution in [1.82, 2.24) is 0 Å². The fourth-order valence-electron chi connectivity index (χ4n) is 3.12. The molecule has 0 radical (unpaired) electrons. The first kappa shape index (κ1) is 14.4. The Balaban J connectivity index is 1.66. The summed E-state index contributed by atoms with van der Waals surface area (Å²) in [6.45, 7) is 0. The van der Waals surface area contributed by atoms with Crippen LogP contribution < -0.4 is 0 Å². The minimum Gasteiger partial charge on any atom is -0.456 e. The Morgan fingerprint density at radius 2 is 1.04 bits per heavy atom. The van der Waals surface area contributed by atoms with Crippen LogP contribution in [0.25, 0.3) is 44.6 Å². The van der Waals surface area contributed by atoms with Crippen molar-refractivity contribution in [2.24, 2.45) is 0 Å². The van der Waals surface area contributed by atoms with Crippen LogP contribution in [0.15, 0.2) is 87.7 Å². The first-order valence-electron chi connectivity index (χ1n) is 8.05. The van der Waals surface area contributed by atoms with Gasteiger partial charge in [-0.1, -0.05) is 48.0 Å². The molecule has 5 aromatic rings. The first-order valence-corrected chi connectivity index (χ1v) is 8.42. The third-order valence-corrected chi connectivity index (χ3v) is 4.54. The van der Waals surface area contributed by atoms with E-state index in [4.69, 9.17) is 20.4 Å². The third-order valence-electron chi connectivity index (χ3n) is 4.32. The normalized spacial score (nSPS) is 11.4. The summed E-state index contributed by atoms with van der Waals surface area (Å²) in [5.74, 6) is 1.59. The molecule has 2 aromatic heterocycles. The standard InChI is InChI=1S/C22H13ClO2/c23-18-10-16(21-12-14-5-1-3-7-19(14)24-21)9-17(11-18)22-13-15-6-2-4-8-20(15)25-22/h1-13H. The molecular weight excluding hydrogens is 332 g/mol. The van der Waals surface area contributed by atoms with Crippen molar-refractivity contribution in [3.8, 4) is 22.6 Å². The Hall–Kier alpha value is -2.97. The number of para-hydroxylation sites is 2. The molecule has 0 unspecified atom stereocenters. The number of benzene rings is 3. The highest BCUT2D eigenvalue weighted by Gasteiger charge is 2.12. The van der Waals surface area contributed by atoms with Crippen LogP contribution in [0, 0.1) is 0 Å². The van der Waals surface area contributed by atoms with Gasteiger partial charge in [-0.2, -0.15) is 0 Å². The number of fused-ring (bicyclic) bond motifs is 2. The minimum absolute atomic E-state index is 0.647. The van der Waals surface area contributed by atoms with Crippen molar-refractivity contribution in [1.29, 1.82) is 0 Å². The van der Waals surface area contributed by atoms with Gasteiger partial charge in [-0.25, -0.2) is 0 Å². The van der Waals surface area contributed by atoms with E-state index in [0.717, 1.165) is 44.6 Å². The van der Waals surface area contributed by atoms with Crippen LogP contribution in [-0.4, -0.2) is 0 Å². The van der Waals surface area contributed by atoms with E-state index in [1.807, 2.05) is 78.9 Å². The quantitative estimate of drug-likeness (QED) is 0.339. The van der Waals surface area contributed by atoms with Crippen LogP contribution in [0.1, 0.15) is 0 Å². The molecule has 0 aliphatic carbocycles. The predicted molar refractivity (Wildman–Crippen MR) is 102 cm³/mol. The lowest BCUT2D eigenvalue weighted by atomic mass is 10.1. The smallest absolute Gasteiger partial charge is 0.135 e. The van der Waals surface area contributed by atoms with Crippen molar-refractivity contribution in [3.05, 3.63) is 83.9 Å². The Morgan fingerprint density at radius 3 is 1.52 bits per heavy atom. The zero-order valence-electron chi connectivity index (χ0n) is 13.2. The van der Waals surface area contributed by atoms with E-state index < -0.39 is 0 Å². The summed E-state index contributed by atoms with van der Waals surface area (Å²) in [5.41, 5.74) is 3.59. The fourth-order valence-corrected chi connectivity index (χ4v) is 3.36. The highest BCUT2D eigenvalue weighted by Crippen LogP contribution is 2.35. The summed E-state index contributed by atoms with van der Waals surface area (Å²) >= 11 is 6.36. The maximum absolute atomic E-state index is 6.36. The molecule has 0 saturated carbocycles. The van der Waals surface area contributed by atoms with Gasteiger partial charge in [0.1, 0.15) is 22.7 Å². The van der Waals surface area contributed by atoms with Gasteiger partial charge < -0.3 is 8.83 Å². The molecule has 0 spiro atoms. The molecule has 3 aromatic carbocycles. The largest absolute Gasteiger partial charge is 0.456 e. The lowest BCUT2D eigenvalue weighted by Crippen LogP contribution is -1.79. The molecule has 2 heterocycles. The van der Waals surface area contributed by atoms with Crippen molar-refractivity contribution >= 4 is 33.5 Å². The Labute approximate surface area is 149 Å². The van der Waals surface area contributed by atoms with Gasteiger partial charge in [0, 0.05) is 26.9 Å². The van der Waals surface area contributed by atoms with Crippen LogP contribution in [0.3, 0.4) is 0 Å². The zero-order chi connectivity index (χ0) is 16.8.